The number of alkyl halides is 40. The van der Waals surface area contributed by atoms with Crippen LogP contribution in [-0.4, -0.2) is 141 Å². The first-order valence-corrected chi connectivity index (χ1v) is 14.5. The van der Waals surface area contributed by atoms with Crippen LogP contribution in [0.5, 0.6) is 0 Å². The first-order valence-electron chi connectivity index (χ1n) is 14.5. The summed E-state index contributed by atoms with van der Waals surface area (Å²) in [6, 6.07) is 0. The number of hydrogen-bond acceptors (Lipinski definition) is 4. The molecule has 46 heteroatoms. The van der Waals surface area contributed by atoms with Crippen LogP contribution in [0.3, 0.4) is 0 Å². The lowest BCUT2D eigenvalue weighted by molar-refractivity contribution is -0.449. The molecule has 0 aliphatic heterocycles. The Balaban J connectivity index is 9.01. The first-order chi connectivity index (χ1) is 29.0. The molecule has 6 N–H and O–H groups in total. The highest BCUT2D eigenvalue weighted by atomic mass is 19.4. The Morgan fingerprint density at radius 2 is 0.348 bits per heavy atom. The van der Waals surface area contributed by atoms with E-state index in [1.807, 2.05) is 0 Å². The highest BCUT2D eigenvalue weighted by Crippen LogP contribution is 2.66. The van der Waals surface area contributed by atoms with Gasteiger partial charge >= 0.3 is 113 Å². The highest BCUT2D eigenvalue weighted by Gasteiger charge is 2.97. The molecule has 0 aromatic rings. The summed E-state index contributed by atoms with van der Waals surface area (Å²) in [6.45, 7) is 0. The second-order valence-electron chi connectivity index (χ2n) is 12.6. The third kappa shape index (κ3) is 7.79. The van der Waals surface area contributed by atoms with Gasteiger partial charge < -0.3 is 5.73 Å². The fourth-order valence-corrected chi connectivity index (χ4v) is 3.90. The van der Waals surface area contributed by atoms with Gasteiger partial charge in [0.1, 0.15) is 0 Å². The van der Waals surface area contributed by atoms with Crippen LogP contribution in [0.4, 0.5) is 176 Å². The van der Waals surface area contributed by atoms with E-state index in [2.05, 4.69) is 5.73 Å². The lowest BCUT2D eigenvalue weighted by Gasteiger charge is -2.45. The normalized spacial score (nSPS) is 16.4. The van der Waals surface area contributed by atoms with Crippen LogP contribution in [0.2, 0.25) is 0 Å². The molecular weight excluding hydrogens is 1120 g/mol. The van der Waals surface area contributed by atoms with Gasteiger partial charge in [-0.1, -0.05) is 0 Å². The fraction of sp³-hybridized carbons (Fsp3) is 0.826. The number of halogens is 40. The Morgan fingerprint density at radius 3 is 0.507 bits per heavy atom. The highest BCUT2D eigenvalue weighted by molar-refractivity contribution is 6.19. The van der Waals surface area contributed by atoms with Crippen LogP contribution >= 0.6 is 0 Å². The maximum Gasteiger partial charge on any atom is 0.460 e. The van der Waals surface area contributed by atoms with Gasteiger partial charge in [0.2, 0.25) is 0 Å². The number of amidine groups is 4. The molecular formula is C23H6F40N6. The van der Waals surface area contributed by atoms with Crippen molar-refractivity contribution in [2.45, 2.75) is 113 Å². The van der Waals surface area contributed by atoms with Crippen molar-refractivity contribution in [2.75, 3.05) is 0 Å². The molecule has 0 atom stereocenters. The van der Waals surface area contributed by atoms with Crippen molar-refractivity contribution in [3.63, 3.8) is 0 Å². The van der Waals surface area contributed by atoms with Gasteiger partial charge in [-0.25, -0.2) is 0 Å². The van der Waals surface area contributed by atoms with Crippen LogP contribution in [0.25, 0.3) is 0 Å². The van der Waals surface area contributed by atoms with Crippen molar-refractivity contribution in [1.29, 1.82) is 21.6 Å². The molecule has 0 unspecified atom stereocenters. The fourth-order valence-electron chi connectivity index (χ4n) is 3.90. The molecule has 0 bridgehead atoms. The van der Waals surface area contributed by atoms with E-state index in [9.17, 15) is 176 Å². The molecule has 0 aliphatic rings. The van der Waals surface area contributed by atoms with Crippen LogP contribution in [0, 0.1) is 21.6 Å². The maximum absolute atomic E-state index is 14.9. The Morgan fingerprint density at radius 1 is 0.217 bits per heavy atom. The zero-order chi connectivity index (χ0) is 57.4. The van der Waals surface area contributed by atoms with Crippen LogP contribution in [-0.2, 0) is 0 Å². The van der Waals surface area contributed by atoms with E-state index in [1.165, 1.54) is 0 Å². The molecule has 0 heterocycles. The Labute approximate surface area is 345 Å². The van der Waals surface area contributed by atoms with E-state index in [4.69, 9.17) is 21.6 Å². The quantitative estimate of drug-likeness (QED) is 0.0533. The van der Waals surface area contributed by atoms with Gasteiger partial charge in [-0.3, -0.25) is 26.5 Å². The molecule has 0 aromatic heterocycles. The molecule has 0 amide bonds. The Kier molecular flexibility index (Phi) is 14.9. The minimum absolute atomic E-state index is 3.60. The topological polar surface area (TPSA) is 125 Å². The van der Waals surface area contributed by atoms with Gasteiger partial charge in [-0.2, -0.15) is 176 Å². The number of hydrogen-bond donors (Lipinski definition) is 5. The van der Waals surface area contributed by atoms with Crippen molar-refractivity contribution < 1.29 is 176 Å². The largest absolute Gasteiger partial charge is 0.460 e. The van der Waals surface area contributed by atoms with Gasteiger partial charge in [0.15, 0.2) is 23.3 Å². The second-order valence-corrected chi connectivity index (χ2v) is 12.6. The minimum Gasteiger partial charge on any atom is -0.382 e. The number of nitrogens with one attached hydrogen (secondary N) is 4. The summed E-state index contributed by atoms with van der Waals surface area (Å²) in [7, 11) is 0. The van der Waals surface area contributed by atoms with Crippen molar-refractivity contribution >= 4 is 23.3 Å². The summed E-state index contributed by atoms with van der Waals surface area (Å²) in [5, 5.41) is 25.0. The molecule has 0 saturated carbocycles. The second kappa shape index (κ2) is 16.0. The summed E-state index contributed by atoms with van der Waals surface area (Å²) >= 11 is 0. The number of rotatable bonds is 18. The standard InChI is InChI=1S/C23H6F40N6/c24-5(25,1(64)65)9(32,33)13(40,41)10(34,35)6(26,27)2(66)69(3(67)7(28,29)11(36,37)14(42,43)16(46,47)18(50,51)20(54,55)22(58,59)60)4(68)8(30,31)12(38,39)15(44,45)17(48,49)19(52,53)21(56,57)23(61,62)63/h66-68H,(H3,64,65). The van der Waals surface area contributed by atoms with Crippen LogP contribution < -0.4 is 5.73 Å². The first kappa shape index (κ1) is 64.5. The zero-order valence-electron chi connectivity index (χ0n) is 29.6. The smallest absolute Gasteiger partial charge is 0.382 e. The van der Waals surface area contributed by atoms with Crippen LogP contribution in [0.15, 0.2) is 0 Å². The Bertz CT molecular complexity index is 1900. The van der Waals surface area contributed by atoms with E-state index in [1.54, 1.807) is 0 Å². The van der Waals surface area contributed by atoms with Crippen molar-refractivity contribution in [1.82, 2.24) is 4.90 Å². The average molecular weight is 1130 g/mol. The Hall–Kier alpha value is -4.52. The summed E-state index contributed by atoms with van der Waals surface area (Å²) < 4.78 is 553. The lowest BCUT2D eigenvalue weighted by Crippen LogP contribution is -2.77. The van der Waals surface area contributed by atoms with Gasteiger partial charge in [0, 0.05) is 0 Å². The summed E-state index contributed by atoms with van der Waals surface area (Å²) in [4.78, 5) is -4.82. The van der Waals surface area contributed by atoms with Crippen molar-refractivity contribution in [2.24, 2.45) is 5.73 Å². The molecule has 6 nitrogen and oxygen atoms in total. The van der Waals surface area contributed by atoms with Gasteiger partial charge in [0.25, 0.3) is 0 Å². The predicted octanol–water partition coefficient (Wildman–Crippen LogP) is 12.1. The summed E-state index contributed by atoms with van der Waals surface area (Å²) in [5.74, 6) is -183. The molecule has 0 aromatic carbocycles. The molecule has 0 saturated heterocycles. The zero-order valence-corrected chi connectivity index (χ0v) is 29.6. The third-order valence-electron chi connectivity index (χ3n) is 8.13. The van der Waals surface area contributed by atoms with Gasteiger partial charge in [-0.15, -0.1) is 0 Å². The lowest BCUT2D eigenvalue weighted by atomic mass is 9.88. The van der Waals surface area contributed by atoms with Crippen molar-refractivity contribution in [3.05, 3.63) is 0 Å². The molecule has 0 radical (unpaired) electrons. The van der Waals surface area contributed by atoms with Gasteiger partial charge in [0.05, 0.1) is 0 Å². The predicted molar refractivity (Wildman–Crippen MR) is 133 cm³/mol. The summed E-state index contributed by atoms with van der Waals surface area (Å²) in [6.07, 6.45) is -17.1. The van der Waals surface area contributed by atoms with E-state index in [-0.39, 0.29) is 0 Å². The molecule has 408 valence electrons. The minimum atomic E-state index is -9.96. The van der Waals surface area contributed by atoms with E-state index in [0.717, 1.165) is 0 Å². The SMILES string of the molecule is N=C(N)C(F)(F)C(F)(F)C(F)(F)C(F)(F)C(F)(F)C(=N)N(C(=N)C(F)(F)C(F)(F)C(F)(F)C(F)(F)C(F)(F)C(F)(F)C(F)(F)F)C(=N)C(F)(F)C(F)(F)C(F)(F)C(F)(F)C(F)(F)C(F)(F)C(F)(F)F. The van der Waals surface area contributed by atoms with E-state index >= 15 is 0 Å². The molecule has 0 spiro atoms. The maximum atomic E-state index is 14.9. The monoisotopic (exact) mass is 1130 g/mol. The van der Waals surface area contributed by atoms with Crippen molar-refractivity contribution in [3.8, 4) is 0 Å². The van der Waals surface area contributed by atoms with E-state index in [0.29, 0.717) is 0 Å². The molecule has 0 rings (SSSR count). The number of nitrogens with zero attached hydrogens (tertiary/aromatic N) is 1. The average Bonchev–Trinajstić information content (AvgIpc) is 3.12. The molecule has 0 fully saturated rings. The van der Waals surface area contributed by atoms with E-state index < -0.39 is 141 Å². The van der Waals surface area contributed by atoms with Gasteiger partial charge in [-0.05, 0) is 0 Å². The third-order valence-corrected chi connectivity index (χ3v) is 8.13. The van der Waals surface area contributed by atoms with Crippen LogP contribution in [0.1, 0.15) is 0 Å². The molecule has 69 heavy (non-hydrogen) atoms. The molecule has 0 aliphatic carbocycles. The number of nitrogens with two attached hydrogens (primary N) is 1. The summed E-state index contributed by atoms with van der Waals surface area (Å²) in [5.41, 5.74) is 3.60.